The number of nitrogens with one attached hydrogen (secondary N) is 1. The van der Waals surface area contributed by atoms with Crippen LogP contribution in [0.15, 0.2) is 12.1 Å². The van der Waals surface area contributed by atoms with E-state index in [0.29, 0.717) is 6.61 Å². The SMILES string of the molecule is COc1c(C)cc([C@H]2NC(=O)OCC2(C)C)cc1C.Cl. The van der Waals surface area contributed by atoms with Crippen molar-refractivity contribution in [2.75, 3.05) is 13.7 Å². The first-order valence-corrected chi connectivity index (χ1v) is 6.43. The van der Waals surface area contributed by atoms with E-state index < -0.39 is 0 Å². The molecular weight excluding hydrogens is 278 g/mol. The van der Waals surface area contributed by atoms with Crippen molar-refractivity contribution in [3.8, 4) is 5.75 Å². The average Bonchev–Trinajstić information content (AvgIpc) is 2.32. The topological polar surface area (TPSA) is 47.6 Å². The molecule has 0 saturated carbocycles. The quantitative estimate of drug-likeness (QED) is 0.908. The van der Waals surface area contributed by atoms with Crippen molar-refractivity contribution in [2.24, 2.45) is 5.41 Å². The van der Waals surface area contributed by atoms with E-state index in [2.05, 4.69) is 31.3 Å². The van der Waals surface area contributed by atoms with Crippen LogP contribution in [0.1, 0.15) is 36.6 Å². The number of rotatable bonds is 2. The molecule has 112 valence electrons. The van der Waals surface area contributed by atoms with Crippen LogP contribution in [-0.4, -0.2) is 19.8 Å². The normalized spacial score (nSPS) is 20.4. The van der Waals surface area contributed by atoms with Gasteiger partial charge in [-0.05, 0) is 30.5 Å². The van der Waals surface area contributed by atoms with Crippen molar-refractivity contribution in [3.05, 3.63) is 28.8 Å². The summed E-state index contributed by atoms with van der Waals surface area (Å²) in [5.41, 5.74) is 3.11. The number of cyclic esters (lactones) is 1. The highest BCUT2D eigenvalue weighted by Crippen LogP contribution is 2.38. The summed E-state index contributed by atoms with van der Waals surface area (Å²) in [5, 5.41) is 2.91. The van der Waals surface area contributed by atoms with Gasteiger partial charge in [0.1, 0.15) is 12.4 Å². The third-order valence-corrected chi connectivity index (χ3v) is 3.64. The molecule has 0 aliphatic carbocycles. The zero-order valence-corrected chi connectivity index (χ0v) is 13.4. The number of halogens is 1. The van der Waals surface area contributed by atoms with Crippen molar-refractivity contribution in [2.45, 2.75) is 33.7 Å². The van der Waals surface area contributed by atoms with Crippen molar-refractivity contribution < 1.29 is 14.3 Å². The van der Waals surface area contributed by atoms with Gasteiger partial charge in [0.25, 0.3) is 0 Å². The molecule has 1 saturated heterocycles. The number of methoxy groups -OCH3 is 1. The summed E-state index contributed by atoms with van der Waals surface area (Å²) in [7, 11) is 1.68. The lowest BCUT2D eigenvalue weighted by molar-refractivity contribution is 0.0387. The summed E-state index contributed by atoms with van der Waals surface area (Å²) in [6.45, 7) is 8.64. The summed E-state index contributed by atoms with van der Waals surface area (Å²) in [6, 6.07) is 4.10. The van der Waals surface area contributed by atoms with Gasteiger partial charge in [0.2, 0.25) is 0 Å². The first-order valence-electron chi connectivity index (χ1n) is 6.43. The Morgan fingerprint density at radius 2 is 1.85 bits per heavy atom. The molecule has 0 aromatic heterocycles. The Bertz CT molecular complexity index is 491. The number of carbonyl (C=O) groups is 1. The minimum Gasteiger partial charge on any atom is -0.496 e. The first kappa shape index (κ1) is 16.6. The maximum absolute atomic E-state index is 11.5. The predicted molar refractivity (Wildman–Crippen MR) is 80.7 cm³/mol. The number of carbonyl (C=O) groups excluding carboxylic acids is 1. The van der Waals surface area contributed by atoms with Crippen LogP contribution in [0.25, 0.3) is 0 Å². The molecule has 0 bridgehead atoms. The van der Waals surface area contributed by atoms with Gasteiger partial charge in [0, 0.05) is 5.41 Å². The summed E-state index contributed by atoms with van der Waals surface area (Å²) < 4.78 is 10.5. The van der Waals surface area contributed by atoms with Crippen molar-refractivity contribution in [3.63, 3.8) is 0 Å². The maximum Gasteiger partial charge on any atom is 0.407 e. The Kier molecular flexibility index (Phi) is 4.92. The molecule has 1 aliphatic rings. The van der Waals surface area contributed by atoms with Crippen molar-refractivity contribution in [1.82, 2.24) is 5.32 Å². The Hall–Kier alpha value is -1.42. The van der Waals surface area contributed by atoms with Gasteiger partial charge in [0.15, 0.2) is 0 Å². The summed E-state index contributed by atoms with van der Waals surface area (Å²) in [5.74, 6) is 0.903. The van der Waals surface area contributed by atoms with Gasteiger partial charge in [-0.25, -0.2) is 4.79 Å². The molecule has 1 aromatic rings. The number of ether oxygens (including phenoxy) is 2. The molecule has 1 heterocycles. The fourth-order valence-corrected chi connectivity index (χ4v) is 2.70. The van der Waals surface area contributed by atoms with Gasteiger partial charge < -0.3 is 14.8 Å². The number of aryl methyl sites for hydroxylation is 2. The number of alkyl carbamates (subject to hydrolysis) is 1. The van der Waals surface area contributed by atoms with Gasteiger partial charge >= 0.3 is 6.09 Å². The van der Waals surface area contributed by atoms with Crippen LogP contribution < -0.4 is 10.1 Å². The minimum atomic E-state index is -0.351. The van der Waals surface area contributed by atoms with Crippen LogP contribution in [0.4, 0.5) is 4.79 Å². The highest BCUT2D eigenvalue weighted by atomic mass is 35.5. The number of amides is 1. The summed E-state index contributed by atoms with van der Waals surface area (Å²) in [4.78, 5) is 11.5. The molecule has 1 amide bonds. The summed E-state index contributed by atoms with van der Waals surface area (Å²) in [6.07, 6.45) is -0.351. The monoisotopic (exact) mass is 299 g/mol. The van der Waals surface area contributed by atoms with Gasteiger partial charge in [-0.1, -0.05) is 26.0 Å². The summed E-state index contributed by atoms with van der Waals surface area (Å²) >= 11 is 0. The van der Waals surface area contributed by atoms with Crippen LogP contribution in [0.5, 0.6) is 5.75 Å². The van der Waals surface area contributed by atoms with E-state index in [1.807, 2.05) is 13.8 Å². The third-order valence-electron chi connectivity index (χ3n) is 3.64. The van der Waals surface area contributed by atoms with Gasteiger partial charge in [0.05, 0.1) is 13.2 Å². The molecule has 1 aliphatic heterocycles. The van der Waals surface area contributed by atoms with Gasteiger partial charge in [-0.15, -0.1) is 12.4 Å². The fraction of sp³-hybridized carbons (Fsp3) is 0.533. The number of hydrogen-bond donors (Lipinski definition) is 1. The second-order valence-electron chi connectivity index (χ2n) is 5.83. The zero-order valence-electron chi connectivity index (χ0n) is 12.6. The van der Waals surface area contributed by atoms with Crippen LogP contribution >= 0.6 is 12.4 Å². The first-order chi connectivity index (χ1) is 8.85. The van der Waals surface area contributed by atoms with E-state index in [-0.39, 0.29) is 30.0 Å². The Labute approximate surface area is 126 Å². The van der Waals surface area contributed by atoms with E-state index in [4.69, 9.17) is 9.47 Å². The van der Waals surface area contributed by atoms with E-state index >= 15 is 0 Å². The molecule has 1 N–H and O–H groups in total. The third kappa shape index (κ3) is 3.01. The Morgan fingerprint density at radius 1 is 1.30 bits per heavy atom. The lowest BCUT2D eigenvalue weighted by atomic mass is 9.79. The highest BCUT2D eigenvalue weighted by molar-refractivity contribution is 5.85. The second-order valence-corrected chi connectivity index (χ2v) is 5.83. The molecule has 1 fully saturated rings. The molecule has 0 spiro atoms. The van der Waals surface area contributed by atoms with E-state index in [1.165, 1.54) is 0 Å². The van der Waals surface area contributed by atoms with Crippen LogP contribution in [0, 0.1) is 19.3 Å². The van der Waals surface area contributed by atoms with Crippen LogP contribution in [0.2, 0.25) is 0 Å². The largest absolute Gasteiger partial charge is 0.496 e. The van der Waals surface area contributed by atoms with Crippen LogP contribution in [-0.2, 0) is 4.74 Å². The minimum absolute atomic E-state index is 0. The van der Waals surface area contributed by atoms with Crippen molar-refractivity contribution in [1.29, 1.82) is 0 Å². The average molecular weight is 300 g/mol. The van der Waals surface area contributed by atoms with Gasteiger partial charge in [-0.2, -0.15) is 0 Å². The van der Waals surface area contributed by atoms with E-state index in [9.17, 15) is 4.79 Å². The lowest BCUT2D eigenvalue weighted by Crippen LogP contribution is -2.46. The lowest BCUT2D eigenvalue weighted by Gasteiger charge is -2.38. The smallest absolute Gasteiger partial charge is 0.407 e. The van der Waals surface area contributed by atoms with E-state index in [1.54, 1.807) is 7.11 Å². The standard InChI is InChI=1S/C15H21NO3.ClH/c1-9-6-11(7-10(2)12(9)18-5)13-15(3,4)8-19-14(17)16-13;/h6-7,13H,8H2,1-5H3,(H,16,17);1H/t13-;/m1./s1. The van der Waals surface area contributed by atoms with Gasteiger partial charge in [-0.3, -0.25) is 0 Å². The second kappa shape index (κ2) is 5.92. The molecule has 2 rings (SSSR count). The number of hydrogen-bond acceptors (Lipinski definition) is 3. The molecular formula is C15H22ClNO3. The predicted octanol–water partition coefficient (Wildman–Crippen LogP) is 3.54. The fourth-order valence-electron chi connectivity index (χ4n) is 2.70. The van der Waals surface area contributed by atoms with E-state index in [0.717, 1.165) is 22.4 Å². The molecule has 1 aromatic carbocycles. The molecule has 1 atom stereocenters. The molecule has 5 heteroatoms. The Morgan fingerprint density at radius 3 is 2.35 bits per heavy atom. The molecule has 0 radical (unpaired) electrons. The maximum atomic E-state index is 11.5. The molecule has 20 heavy (non-hydrogen) atoms. The Balaban J connectivity index is 0.00000200. The highest BCUT2D eigenvalue weighted by Gasteiger charge is 2.38. The van der Waals surface area contributed by atoms with Crippen LogP contribution in [0.3, 0.4) is 0 Å². The molecule has 0 unspecified atom stereocenters. The van der Waals surface area contributed by atoms with Crippen molar-refractivity contribution >= 4 is 18.5 Å². The zero-order chi connectivity index (χ0) is 14.2. The number of benzene rings is 1. The molecule has 4 nitrogen and oxygen atoms in total.